The van der Waals surface area contributed by atoms with Gasteiger partial charge < -0.3 is 10.0 Å². The summed E-state index contributed by atoms with van der Waals surface area (Å²) in [6.45, 7) is 4.20. The number of pyridine rings is 1. The molecule has 1 aliphatic heterocycles. The number of carbonyl (C=O) groups excluding carboxylic acids is 1. The van der Waals surface area contributed by atoms with E-state index in [0.717, 1.165) is 44.7 Å². The molecule has 20 heavy (non-hydrogen) atoms. The van der Waals surface area contributed by atoms with Gasteiger partial charge in [-0.25, -0.2) is 0 Å². The van der Waals surface area contributed by atoms with Crippen LogP contribution in [-0.2, 0) is 11.2 Å². The number of amides is 1. The maximum absolute atomic E-state index is 12.1. The minimum Gasteiger partial charge on any atom is -0.395 e. The minimum atomic E-state index is 0.192. The fourth-order valence-electron chi connectivity index (χ4n) is 2.49. The molecule has 0 unspecified atom stereocenters. The number of aliphatic hydroxyl groups excluding tert-OH is 1. The number of hydrogen-bond donors (Lipinski definition) is 1. The molecular formula is C15H23N3O2. The lowest BCUT2D eigenvalue weighted by molar-refractivity contribution is -0.133. The standard InChI is InChI=1S/C15H23N3O2/c19-13-12-17-8-10-18(11-9-17)15(20)6-3-5-14-4-1-2-7-16-14/h1-2,4,7,19H,3,5-6,8-13H2. The first-order valence-corrected chi connectivity index (χ1v) is 7.30. The quantitative estimate of drug-likeness (QED) is 0.824. The van der Waals surface area contributed by atoms with E-state index in [2.05, 4.69) is 9.88 Å². The SMILES string of the molecule is O=C(CCCc1ccccn1)N1CCN(CCO)CC1. The van der Waals surface area contributed by atoms with Gasteiger partial charge in [-0.3, -0.25) is 14.7 Å². The molecule has 0 spiro atoms. The minimum absolute atomic E-state index is 0.192. The third-order valence-electron chi connectivity index (χ3n) is 3.69. The van der Waals surface area contributed by atoms with Gasteiger partial charge in [0, 0.05) is 51.0 Å². The number of β-amino-alcohol motifs (C(OH)–C–C–N with tert-alkyl or cyclic N) is 1. The maximum Gasteiger partial charge on any atom is 0.222 e. The van der Waals surface area contributed by atoms with Gasteiger partial charge in [-0.2, -0.15) is 0 Å². The smallest absolute Gasteiger partial charge is 0.222 e. The summed E-state index contributed by atoms with van der Waals surface area (Å²) in [4.78, 5) is 20.5. The van der Waals surface area contributed by atoms with E-state index in [0.29, 0.717) is 13.0 Å². The van der Waals surface area contributed by atoms with Gasteiger partial charge in [0.15, 0.2) is 0 Å². The van der Waals surface area contributed by atoms with Crippen LogP contribution in [0.4, 0.5) is 0 Å². The number of hydrogen-bond acceptors (Lipinski definition) is 4. The Labute approximate surface area is 120 Å². The molecule has 5 heteroatoms. The van der Waals surface area contributed by atoms with Gasteiger partial charge in [-0.1, -0.05) is 6.07 Å². The molecule has 2 rings (SSSR count). The van der Waals surface area contributed by atoms with Crippen molar-refractivity contribution < 1.29 is 9.90 Å². The fourth-order valence-corrected chi connectivity index (χ4v) is 2.49. The van der Waals surface area contributed by atoms with Crippen LogP contribution in [0.3, 0.4) is 0 Å². The Balaban J connectivity index is 1.66. The first-order valence-electron chi connectivity index (χ1n) is 7.30. The highest BCUT2D eigenvalue weighted by Crippen LogP contribution is 2.07. The molecule has 5 nitrogen and oxygen atoms in total. The summed E-state index contributed by atoms with van der Waals surface area (Å²) in [5.74, 6) is 0.240. The van der Waals surface area contributed by atoms with E-state index in [-0.39, 0.29) is 12.5 Å². The van der Waals surface area contributed by atoms with Crippen molar-refractivity contribution in [1.82, 2.24) is 14.8 Å². The second kappa shape index (κ2) is 7.97. The second-order valence-corrected chi connectivity index (χ2v) is 5.12. The molecule has 0 aromatic carbocycles. The number of piperazine rings is 1. The van der Waals surface area contributed by atoms with E-state index in [4.69, 9.17) is 5.11 Å². The van der Waals surface area contributed by atoms with Crippen molar-refractivity contribution >= 4 is 5.91 Å². The summed E-state index contributed by atoms with van der Waals surface area (Å²) >= 11 is 0. The van der Waals surface area contributed by atoms with E-state index >= 15 is 0 Å². The third-order valence-corrected chi connectivity index (χ3v) is 3.69. The van der Waals surface area contributed by atoms with Crippen LogP contribution in [-0.4, -0.2) is 65.1 Å². The van der Waals surface area contributed by atoms with Crippen molar-refractivity contribution in [3.8, 4) is 0 Å². The zero-order chi connectivity index (χ0) is 14.2. The molecule has 1 N–H and O–H groups in total. The number of aliphatic hydroxyl groups is 1. The molecule has 2 heterocycles. The molecule has 1 fully saturated rings. The van der Waals surface area contributed by atoms with Crippen molar-refractivity contribution in [3.05, 3.63) is 30.1 Å². The van der Waals surface area contributed by atoms with Crippen molar-refractivity contribution in [3.63, 3.8) is 0 Å². The van der Waals surface area contributed by atoms with Crippen molar-refractivity contribution in [2.75, 3.05) is 39.3 Å². The van der Waals surface area contributed by atoms with Crippen molar-refractivity contribution in [2.24, 2.45) is 0 Å². The zero-order valence-corrected chi connectivity index (χ0v) is 11.9. The lowest BCUT2D eigenvalue weighted by Gasteiger charge is -2.34. The van der Waals surface area contributed by atoms with Crippen molar-refractivity contribution in [1.29, 1.82) is 0 Å². The maximum atomic E-state index is 12.1. The highest BCUT2D eigenvalue weighted by molar-refractivity contribution is 5.76. The van der Waals surface area contributed by atoms with E-state index < -0.39 is 0 Å². The molecule has 1 aromatic rings. The summed E-state index contributed by atoms with van der Waals surface area (Å²) in [5.41, 5.74) is 1.05. The predicted molar refractivity (Wildman–Crippen MR) is 77.3 cm³/mol. The number of aryl methyl sites for hydroxylation is 1. The van der Waals surface area contributed by atoms with Crippen LogP contribution in [0.1, 0.15) is 18.5 Å². The Hall–Kier alpha value is -1.46. The van der Waals surface area contributed by atoms with Crippen LogP contribution in [0.2, 0.25) is 0 Å². The highest BCUT2D eigenvalue weighted by Gasteiger charge is 2.20. The summed E-state index contributed by atoms with van der Waals surface area (Å²) < 4.78 is 0. The second-order valence-electron chi connectivity index (χ2n) is 5.12. The lowest BCUT2D eigenvalue weighted by Crippen LogP contribution is -2.49. The Morgan fingerprint density at radius 1 is 1.25 bits per heavy atom. The molecule has 0 aliphatic carbocycles. The molecular weight excluding hydrogens is 254 g/mol. The van der Waals surface area contributed by atoms with E-state index in [1.165, 1.54) is 0 Å². The van der Waals surface area contributed by atoms with Gasteiger partial charge in [0.1, 0.15) is 0 Å². The van der Waals surface area contributed by atoms with Crippen LogP contribution in [0.5, 0.6) is 0 Å². The average Bonchev–Trinajstić information content (AvgIpc) is 2.49. The van der Waals surface area contributed by atoms with Crippen LogP contribution in [0.15, 0.2) is 24.4 Å². The predicted octanol–water partition coefficient (Wildman–Crippen LogP) is 0.541. The highest BCUT2D eigenvalue weighted by atomic mass is 16.3. The zero-order valence-electron chi connectivity index (χ0n) is 11.9. The van der Waals surface area contributed by atoms with Crippen LogP contribution in [0.25, 0.3) is 0 Å². The van der Waals surface area contributed by atoms with E-state index in [1.54, 1.807) is 6.20 Å². The largest absolute Gasteiger partial charge is 0.395 e. The van der Waals surface area contributed by atoms with Crippen LogP contribution >= 0.6 is 0 Å². The molecule has 110 valence electrons. The van der Waals surface area contributed by atoms with Gasteiger partial charge in [-0.05, 0) is 25.0 Å². The third kappa shape index (κ3) is 4.58. The topological polar surface area (TPSA) is 56.7 Å². The Morgan fingerprint density at radius 2 is 2.05 bits per heavy atom. The van der Waals surface area contributed by atoms with Gasteiger partial charge in [0.05, 0.1) is 6.61 Å². The molecule has 0 atom stereocenters. The summed E-state index contributed by atoms with van der Waals surface area (Å²) in [6.07, 6.45) is 4.10. The summed E-state index contributed by atoms with van der Waals surface area (Å²) in [7, 11) is 0. The van der Waals surface area contributed by atoms with E-state index in [9.17, 15) is 4.79 Å². The van der Waals surface area contributed by atoms with Gasteiger partial charge in [0.2, 0.25) is 5.91 Å². The number of nitrogens with zero attached hydrogens (tertiary/aromatic N) is 3. The Bertz CT molecular complexity index is 403. The number of carbonyl (C=O) groups is 1. The average molecular weight is 277 g/mol. The van der Waals surface area contributed by atoms with Gasteiger partial charge in [-0.15, -0.1) is 0 Å². The van der Waals surface area contributed by atoms with Gasteiger partial charge in [0.25, 0.3) is 0 Å². The molecule has 0 radical (unpaired) electrons. The Morgan fingerprint density at radius 3 is 2.70 bits per heavy atom. The molecule has 1 saturated heterocycles. The number of rotatable bonds is 6. The molecule has 1 aliphatic rings. The lowest BCUT2D eigenvalue weighted by atomic mass is 10.1. The van der Waals surface area contributed by atoms with Gasteiger partial charge >= 0.3 is 0 Å². The summed E-state index contributed by atoms with van der Waals surface area (Å²) in [6, 6.07) is 5.88. The normalized spacial score (nSPS) is 16.4. The molecule has 0 bridgehead atoms. The Kier molecular flexibility index (Phi) is 5.95. The van der Waals surface area contributed by atoms with Crippen molar-refractivity contribution in [2.45, 2.75) is 19.3 Å². The first kappa shape index (κ1) is 14.9. The molecule has 0 saturated carbocycles. The number of aromatic nitrogens is 1. The summed E-state index contributed by atoms with van der Waals surface area (Å²) in [5, 5.41) is 8.89. The fraction of sp³-hybridized carbons (Fsp3) is 0.600. The van der Waals surface area contributed by atoms with Crippen LogP contribution in [0, 0.1) is 0 Å². The molecule has 1 amide bonds. The first-order chi connectivity index (χ1) is 9.79. The molecule has 1 aromatic heterocycles. The monoisotopic (exact) mass is 277 g/mol. The van der Waals surface area contributed by atoms with Crippen LogP contribution < -0.4 is 0 Å². The van der Waals surface area contributed by atoms with E-state index in [1.807, 2.05) is 23.1 Å².